The number of urea groups is 1. The Kier molecular flexibility index (Phi) is 5.08. The number of carbonyl (C=O) groups excluding carboxylic acids is 1. The van der Waals surface area contributed by atoms with Gasteiger partial charge in [-0.15, -0.1) is 0 Å². The highest BCUT2D eigenvalue weighted by Crippen LogP contribution is 2.21. The highest BCUT2D eigenvalue weighted by atomic mass is 16.4. The van der Waals surface area contributed by atoms with Crippen LogP contribution in [0, 0.1) is 0 Å². The van der Waals surface area contributed by atoms with E-state index in [4.69, 9.17) is 5.11 Å². The Morgan fingerprint density at radius 1 is 1.18 bits per heavy atom. The van der Waals surface area contributed by atoms with Gasteiger partial charge in [0.15, 0.2) is 0 Å². The van der Waals surface area contributed by atoms with Crippen LogP contribution in [0.4, 0.5) is 10.6 Å². The van der Waals surface area contributed by atoms with Gasteiger partial charge in [-0.05, 0) is 30.2 Å². The van der Waals surface area contributed by atoms with Crippen LogP contribution in [-0.4, -0.2) is 28.6 Å². The fraction of sp³-hybridized carbons (Fsp3) is 0.188. The molecule has 3 N–H and O–H groups in total. The molecule has 22 heavy (non-hydrogen) atoms. The maximum absolute atomic E-state index is 11.4. The van der Waals surface area contributed by atoms with Crippen LogP contribution in [-0.2, 0) is 11.2 Å². The summed E-state index contributed by atoms with van der Waals surface area (Å²) in [5.74, 6) is -0.409. The van der Waals surface area contributed by atoms with Crippen molar-refractivity contribution in [2.24, 2.45) is 0 Å². The van der Waals surface area contributed by atoms with Crippen molar-refractivity contribution in [3.63, 3.8) is 0 Å². The fourth-order valence-corrected chi connectivity index (χ4v) is 2.00. The molecular formula is C16H17N3O3. The van der Waals surface area contributed by atoms with E-state index in [0.717, 1.165) is 16.7 Å². The van der Waals surface area contributed by atoms with Gasteiger partial charge in [-0.3, -0.25) is 10.1 Å². The first-order valence-electron chi connectivity index (χ1n) is 6.90. The first-order chi connectivity index (χ1) is 10.6. The molecule has 0 bridgehead atoms. The summed E-state index contributed by atoms with van der Waals surface area (Å²) < 4.78 is 0. The number of carboxylic acid groups (broad SMARTS) is 1. The molecule has 0 saturated carbocycles. The molecule has 6 nitrogen and oxygen atoms in total. The smallest absolute Gasteiger partial charge is 0.320 e. The predicted molar refractivity (Wildman–Crippen MR) is 83.7 cm³/mol. The van der Waals surface area contributed by atoms with Crippen molar-refractivity contribution < 1.29 is 14.7 Å². The van der Waals surface area contributed by atoms with Crippen LogP contribution in [0.1, 0.15) is 12.5 Å². The fourth-order valence-electron chi connectivity index (χ4n) is 2.00. The molecule has 1 aromatic carbocycles. The van der Waals surface area contributed by atoms with Gasteiger partial charge in [0.05, 0.1) is 6.42 Å². The molecule has 2 amide bonds. The largest absolute Gasteiger partial charge is 0.481 e. The lowest BCUT2D eigenvalue weighted by Gasteiger charge is -2.07. The average molecular weight is 299 g/mol. The molecule has 0 atom stereocenters. The number of hydrogen-bond donors (Lipinski definition) is 3. The first kappa shape index (κ1) is 15.5. The number of amides is 2. The summed E-state index contributed by atoms with van der Waals surface area (Å²) in [6.07, 6.45) is 1.62. The number of hydrogen-bond acceptors (Lipinski definition) is 3. The zero-order valence-electron chi connectivity index (χ0n) is 12.2. The Hall–Kier alpha value is -2.89. The lowest BCUT2D eigenvalue weighted by Crippen LogP contribution is -2.28. The Morgan fingerprint density at radius 2 is 2.00 bits per heavy atom. The van der Waals surface area contributed by atoms with E-state index in [1.54, 1.807) is 18.3 Å². The number of benzene rings is 1. The van der Waals surface area contributed by atoms with Gasteiger partial charge in [-0.1, -0.05) is 24.3 Å². The zero-order valence-corrected chi connectivity index (χ0v) is 12.2. The third kappa shape index (κ3) is 4.31. The maximum atomic E-state index is 11.4. The minimum atomic E-state index is -0.864. The van der Waals surface area contributed by atoms with Crippen molar-refractivity contribution in [2.45, 2.75) is 13.3 Å². The number of nitrogens with one attached hydrogen (secondary N) is 2. The van der Waals surface area contributed by atoms with E-state index in [2.05, 4.69) is 15.6 Å². The molecule has 0 unspecified atom stereocenters. The van der Waals surface area contributed by atoms with Crippen molar-refractivity contribution in [3.05, 3.63) is 48.2 Å². The molecule has 6 heteroatoms. The SMILES string of the molecule is CCNC(=O)Nc1ccc(-c2cccc(CC(=O)O)c2)cn1. The summed E-state index contributed by atoms with van der Waals surface area (Å²) in [4.78, 5) is 26.3. The Morgan fingerprint density at radius 3 is 2.64 bits per heavy atom. The van der Waals surface area contributed by atoms with Crippen LogP contribution < -0.4 is 10.6 Å². The molecular weight excluding hydrogens is 282 g/mol. The number of carbonyl (C=O) groups is 2. The third-order valence-corrected chi connectivity index (χ3v) is 2.96. The molecule has 2 aromatic rings. The number of rotatable bonds is 5. The third-order valence-electron chi connectivity index (χ3n) is 2.96. The van der Waals surface area contributed by atoms with Crippen LogP contribution in [0.2, 0.25) is 0 Å². The molecule has 0 spiro atoms. The summed E-state index contributed by atoms with van der Waals surface area (Å²) in [6.45, 7) is 2.38. The van der Waals surface area contributed by atoms with E-state index in [9.17, 15) is 9.59 Å². The van der Waals surface area contributed by atoms with Crippen molar-refractivity contribution in [1.29, 1.82) is 0 Å². The second kappa shape index (κ2) is 7.21. The summed E-state index contributed by atoms with van der Waals surface area (Å²) in [7, 11) is 0. The molecule has 2 rings (SSSR count). The van der Waals surface area contributed by atoms with Gasteiger partial charge in [-0.2, -0.15) is 0 Å². The van der Waals surface area contributed by atoms with Crippen LogP contribution in [0.25, 0.3) is 11.1 Å². The summed E-state index contributed by atoms with van der Waals surface area (Å²) in [6, 6.07) is 10.5. The number of carboxylic acids is 1. The van der Waals surface area contributed by atoms with E-state index in [0.29, 0.717) is 12.4 Å². The topological polar surface area (TPSA) is 91.3 Å². The normalized spacial score (nSPS) is 10.0. The molecule has 0 saturated heterocycles. The highest BCUT2D eigenvalue weighted by molar-refractivity contribution is 5.88. The van der Waals surface area contributed by atoms with Gasteiger partial charge in [-0.25, -0.2) is 9.78 Å². The van der Waals surface area contributed by atoms with Gasteiger partial charge < -0.3 is 10.4 Å². The van der Waals surface area contributed by atoms with Crippen molar-refractivity contribution in [3.8, 4) is 11.1 Å². The highest BCUT2D eigenvalue weighted by Gasteiger charge is 2.05. The predicted octanol–water partition coefficient (Wildman–Crippen LogP) is 2.52. The zero-order chi connectivity index (χ0) is 15.9. The molecule has 0 aliphatic carbocycles. The molecule has 0 radical (unpaired) electrons. The molecule has 0 aliphatic heterocycles. The quantitative estimate of drug-likeness (QED) is 0.791. The lowest BCUT2D eigenvalue weighted by molar-refractivity contribution is -0.136. The van der Waals surface area contributed by atoms with E-state index in [-0.39, 0.29) is 12.5 Å². The van der Waals surface area contributed by atoms with Gasteiger partial charge in [0, 0.05) is 18.3 Å². The molecule has 114 valence electrons. The van der Waals surface area contributed by atoms with E-state index in [1.165, 1.54) is 0 Å². The van der Waals surface area contributed by atoms with Crippen LogP contribution >= 0.6 is 0 Å². The Balaban J connectivity index is 2.13. The standard InChI is InChI=1S/C16H17N3O3/c1-2-17-16(22)19-14-7-6-13(10-18-14)12-5-3-4-11(8-12)9-15(20)21/h3-8,10H,2,9H2,1H3,(H,20,21)(H2,17,18,19,22). The second-order valence-electron chi connectivity index (χ2n) is 4.69. The Bertz CT molecular complexity index is 669. The number of anilines is 1. The van der Waals surface area contributed by atoms with Crippen molar-refractivity contribution in [2.75, 3.05) is 11.9 Å². The second-order valence-corrected chi connectivity index (χ2v) is 4.69. The summed E-state index contributed by atoms with van der Waals surface area (Å²) in [5.41, 5.74) is 2.47. The average Bonchev–Trinajstić information content (AvgIpc) is 2.48. The molecule has 1 heterocycles. The summed E-state index contributed by atoms with van der Waals surface area (Å²) in [5, 5.41) is 14.1. The summed E-state index contributed by atoms with van der Waals surface area (Å²) >= 11 is 0. The van der Waals surface area contributed by atoms with Gasteiger partial charge >= 0.3 is 12.0 Å². The number of nitrogens with zero attached hydrogens (tertiary/aromatic N) is 1. The van der Waals surface area contributed by atoms with Crippen LogP contribution in [0.5, 0.6) is 0 Å². The minimum absolute atomic E-state index is 0.0158. The van der Waals surface area contributed by atoms with Gasteiger partial charge in [0.1, 0.15) is 5.82 Å². The van der Waals surface area contributed by atoms with Crippen LogP contribution in [0.3, 0.4) is 0 Å². The van der Waals surface area contributed by atoms with Crippen molar-refractivity contribution in [1.82, 2.24) is 10.3 Å². The minimum Gasteiger partial charge on any atom is -0.481 e. The van der Waals surface area contributed by atoms with Crippen molar-refractivity contribution >= 4 is 17.8 Å². The number of aromatic nitrogens is 1. The van der Waals surface area contributed by atoms with E-state index >= 15 is 0 Å². The van der Waals surface area contributed by atoms with E-state index in [1.807, 2.05) is 31.2 Å². The number of aliphatic carboxylic acids is 1. The van der Waals surface area contributed by atoms with Gasteiger partial charge in [0.25, 0.3) is 0 Å². The van der Waals surface area contributed by atoms with E-state index < -0.39 is 5.97 Å². The molecule has 0 aliphatic rings. The lowest BCUT2D eigenvalue weighted by atomic mass is 10.0. The molecule has 1 aromatic heterocycles. The van der Waals surface area contributed by atoms with Gasteiger partial charge in [0.2, 0.25) is 0 Å². The van der Waals surface area contributed by atoms with Crippen LogP contribution in [0.15, 0.2) is 42.6 Å². The first-order valence-corrected chi connectivity index (χ1v) is 6.90. The maximum Gasteiger partial charge on any atom is 0.320 e. The molecule has 0 fully saturated rings. The Labute approximate surface area is 128 Å². The number of pyridine rings is 1. The monoisotopic (exact) mass is 299 g/mol.